The van der Waals surface area contributed by atoms with Crippen molar-refractivity contribution < 1.29 is 10.2 Å². The van der Waals surface area contributed by atoms with E-state index in [4.69, 9.17) is 0 Å². The SMILES string of the molecule is CCC(CO)(CO)NC1C(C)CCCC1C. The van der Waals surface area contributed by atoms with E-state index >= 15 is 0 Å². The molecule has 1 fully saturated rings. The van der Waals surface area contributed by atoms with E-state index in [1.807, 2.05) is 6.92 Å². The van der Waals surface area contributed by atoms with Gasteiger partial charge in [0.25, 0.3) is 0 Å². The Morgan fingerprint density at radius 3 is 2.00 bits per heavy atom. The molecule has 0 aromatic rings. The van der Waals surface area contributed by atoms with E-state index in [0.29, 0.717) is 17.9 Å². The molecule has 0 heterocycles. The van der Waals surface area contributed by atoms with Gasteiger partial charge in [0.05, 0.1) is 18.8 Å². The van der Waals surface area contributed by atoms with Gasteiger partial charge >= 0.3 is 0 Å². The lowest BCUT2D eigenvalue weighted by Gasteiger charge is -2.42. The zero-order chi connectivity index (χ0) is 12.2. The van der Waals surface area contributed by atoms with Gasteiger partial charge in [0.15, 0.2) is 0 Å². The third-order valence-electron chi connectivity index (χ3n) is 4.30. The summed E-state index contributed by atoms with van der Waals surface area (Å²) in [6, 6.07) is 0.424. The van der Waals surface area contributed by atoms with Gasteiger partial charge in [0.2, 0.25) is 0 Å². The molecule has 0 radical (unpaired) electrons. The monoisotopic (exact) mass is 229 g/mol. The van der Waals surface area contributed by atoms with Crippen molar-refractivity contribution in [2.45, 2.75) is 58.0 Å². The highest BCUT2D eigenvalue weighted by Crippen LogP contribution is 2.30. The second kappa shape index (κ2) is 5.99. The molecule has 0 saturated heterocycles. The Morgan fingerprint density at radius 2 is 1.62 bits per heavy atom. The van der Waals surface area contributed by atoms with Crippen molar-refractivity contribution in [1.82, 2.24) is 5.32 Å². The van der Waals surface area contributed by atoms with E-state index in [-0.39, 0.29) is 13.2 Å². The Morgan fingerprint density at radius 1 is 1.12 bits per heavy atom. The molecule has 0 aliphatic heterocycles. The summed E-state index contributed by atoms with van der Waals surface area (Å²) in [5, 5.41) is 22.4. The van der Waals surface area contributed by atoms with E-state index in [1.54, 1.807) is 0 Å². The van der Waals surface area contributed by atoms with Gasteiger partial charge in [-0.2, -0.15) is 0 Å². The first-order chi connectivity index (χ1) is 7.58. The molecule has 3 nitrogen and oxygen atoms in total. The summed E-state index contributed by atoms with van der Waals surface area (Å²) in [5.41, 5.74) is -0.496. The first kappa shape index (κ1) is 13.9. The largest absolute Gasteiger partial charge is 0.394 e. The lowest BCUT2D eigenvalue weighted by molar-refractivity contribution is 0.0520. The first-order valence-electron chi connectivity index (χ1n) is 6.58. The lowest BCUT2D eigenvalue weighted by atomic mass is 9.77. The summed E-state index contributed by atoms with van der Waals surface area (Å²) in [5.74, 6) is 1.26. The van der Waals surface area contributed by atoms with E-state index in [2.05, 4.69) is 19.2 Å². The summed E-state index contributed by atoms with van der Waals surface area (Å²) in [6.07, 6.45) is 4.56. The Balaban J connectivity index is 2.68. The van der Waals surface area contributed by atoms with Crippen LogP contribution in [0.25, 0.3) is 0 Å². The second-order valence-electron chi connectivity index (χ2n) is 5.51. The molecular weight excluding hydrogens is 202 g/mol. The fraction of sp³-hybridized carbons (Fsp3) is 1.00. The van der Waals surface area contributed by atoms with Gasteiger partial charge in [-0.15, -0.1) is 0 Å². The molecule has 2 unspecified atom stereocenters. The number of aliphatic hydroxyl groups excluding tert-OH is 2. The molecule has 1 saturated carbocycles. The van der Waals surface area contributed by atoms with Gasteiger partial charge in [0, 0.05) is 6.04 Å². The highest BCUT2D eigenvalue weighted by atomic mass is 16.3. The fourth-order valence-electron chi connectivity index (χ4n) is 2.79. The van der Waals surface area contributed by atoms with E-state index < -0.39 is 5.54 Å². The van der Waals surface area contributed by atoms with Crippen LogP contribution in [-0.4, -0.2) is 35.0 Å². The molecule has 0 bridgehead atoms. The minimum Gasteiger partial charge on any atom is -0.394 e. The molecular formula is C13H27NO2. The van der Waals surface area contributed by atoms with Crippen LogP contribution in [0.3, 0.4) is 0 Å². The van der Waals surface area contributed by atoms with Crippen LogP contribution in [0.1, 0.15) is 46.5 Å². The normalized spacial score (nSPS) is 31.7. The number of hydrogen-bond donors (Lipinski definition) is 3. The van der Waals surface area contributed by atoms with Gasteiger partial charge in [-0.3, -0.25) is 0 Å². The van der Waals surface area contributed by atoms with Crippen molar-refractivity contribution in [3.05, 3.63) is 0 Å². The lowest BCUT2D eigenvalue weighted by Crippen LogP contribution is -2.59. The Hall–Kier alpha value is -0.120. The molecule has 0 spiro atoms. The van der Waals surface area contributed by atoms with Crippen LogP contribution in [0.4, 0.5) is 0 Å². The average Bonchev–Trinajstić information content (AvgIpc) is 2.30. The van der Waals surface area contributed by atoms with Crippen molar-refractivity contribution >= 4 is 0 Å². The Kier molecular flexibility index (Phi) is 5.22. The molecule has 0 aromatic heterocycles. The van der Waals surface area contributed by atoms with Crippen LogP contribution in [0.15, 0.2) is 0 Å². The molecule has 1 aliphatic rings. The van der Waals surface area contributed by atoms with E-state index in [0.717, 1.165) is 6.42 Å². The topological polar surface area (TPSA) is 52.5 Å². The van der Waals surface area contributed by atoms with Crippen molar-refractivity contribution in [3.63, 3.8) is 0 Å². The number of aliphatic hydroxyl groups is 2. The summed E-state index contributed by atoms with van der Waals surface area (Å²) >= 11 is 0. The van der Waals surface area contributed by atoms with Gasteiger partial charge in [-0.25, -0.2) is 0 Å². The molecule has 1 rings (SSSR count). The van der Waals surface area contributed by atoms with Crippen LogP contribution in [-0.2, 0) is 0 Å². The Labute approximate surface area is 99.3 Å². The smallest absolute Gasteiger partial charge is 0.0647 e. The van der Waals surface area contributed by atoms with Crippen molar-refractivity contribution in [3.8, 4) is 0 Å². The first-order valence-corrected chi connectivity index (χ1v) is 6.58. The summed E-state index contributed by atoms with van der Waals surface area (Å²) in [6.45, 7) is 6.56. The van der Waals surface area contributed by atoms with Gasteiger partial charge in [0.1, 0.15) is 0 Å². The minimum atomic E-state index is -0.496. The molecule has 3 N–H and O–H groups in total. The molecule has 3 heteroatoms. The third-order valence-corrected chi connectivity index (χ3v) is 4.30. The third kappa shape index (κ3) is 2.96. The van der Waals surface area contributed by atoms with Crippen LogP contribution in [0.2, 0.25) is 0 Å². The zero-order valence-corrected chi connectivity index (χ0v) is 10.9. The maximum Gasteiger partial charge on any atom is 0.0647 e. The highest BCUT2D eigenvalue weighted by Gasteiger charge is 2.35. The minimum absolute atomic E-state index is 0.00986. The maximum atomic E-state index is 9.46. The van der Waals surface area contributed by atoms with E-state index in [9.17, 15) is 10.2 Å². The van der Waals surface area contributed by atoms with Crippen LogP contribution in [0.5, 0.6) is 0 Å². The highest BCUT2D eigenvalue weighted by molar-refractivity contribution is 4.93. The molecule has 0 aromatic carbocycles. The maximum absolute atomic E-state index is 9.46. The van der Waals surface area contributed by atoms with Gasteiger partial charge in [-0.1, -0.05) is 27.2 Å². The van der Waals surface area contributed by atoms with Crippen molar-refractivity contribution in [2.24, 2.45) is 11.8 Å². The second-order valence-corrected chi connectivity index (χ2v) is 5.51. The van der Waals surface area contributed by atoms with E-state index in [1.165, 1.54) is 19.3 Å². The van der Waals surface area contributed by atoms with Crippen LogP contribution in [0, 0.1) is 11.8 Å². The Bertz CT molecular complexity index is 186. The quantitative estimate of drug-likeness (QED) is 0.670. The fourth-order valence-corrected chi connectivity index (χ4v) is 2.79. The molecule has 96 valence electrons. The zero-order valence-electron chi connectivity index (χ0n) is 10.9. The van der Waals surface area contributed by atoms with Crippen LogP contribution < -0.4 is 5.32 Å². The number of hydrogen-bond acceptors (Lipinski definition) is 3. The predicted molar refractivity (Wildman–Crippen MR) is 66.3 cm³/mol. The molecule has 2 atom stereocenters. The number of nitrogens with one attached hydrogen (secondary N) is 1. The van der Waals surface area contributed by atoms with Crippen molar-refractivity contribution in [2.75, 3.05) is 13.2 Å². The molecule has 16 heavy (non-hydrogen) atoms. The molecule has 0 amide bonds. The number of rotatable bonds is 5. The average molecular weight is 229 g/mol. The van der Waals surface area contributed by atoms with Crippen LogP contribution >= 0.6 is 0 Å². The summed E-state index contributed by atoms with van der Waals surface area (Å²) in [4.78, 5) is 0. The summed E-state index contributed by atoms with van der Waals surface area (Å²) < 4.78 is 0. The standard InChI is InChI=1S/C13H27NO2/c1-4-13(8-15,9-16)14-12-10(2)6-5-7-11(12)3/h10-12,14-16H,4-9H2,1-3H3. The van der Waals surface area contributed by atoms with Crippen molar-refractivity contribution in [1.29, 1.82) is 0 Å². The van der Waals surface area contributed by atoms with Gasteiger partial charge in [-0.05, 0) is 31.1 Å². The summed E-state index contributed by atoms with van der Waals surface area (Å²) in [7, 11) is 0. The predicted octanol–water partition coefficient (Wildman–Crippen LogP) is 1.53. The molecule has 1 aliphatic carbocycles. The van der Waals surface area contributed by atoms with Gasteiger partial charge < -0.3 is 15.5 Å².